The van der Waals surface area contributed by atoms with Gasteiger partial charge in [0.2, 0.25) is 0 Å². The van der Waals surface area contributed by atoms with E-state index in [1.807, 2.05) is 22.8 Å². The van der Waals surface area contributed by atoms with Gasteiger partial charge in [-0.05, 0) is 31.1 Å². The molecule has 0 aromatic carbocycles. The number of nitrogens with one attached hydrogen (secondary N) is 1. The predicted molar refractivity (Wildman–Crippen MR) is 106 cm³/mol. The van der Waals surface area contributed by atoms with Crippen molar-refractivity contribution in [1.29, 1.82) is 0 Å². The first kappa shape index (κ1) is 22.8. The van der Waals surface area contributed by atoms with Crippen molar-refractivity contribution < 1.29 is 24.9 Å². The molecule has 0 atom stereocenters. The van der Waals surface area contributed by atoms with Gasteiger partial charge in [-0.2, -0.15) is 0 Å². The summed E-state index contributed by atoms with van der Waals surface area (Å²) in [5.74, 6) is -1.72. The van der Waals surface area contributed by atoms with Gasteiger partial charge in [-0.1, -0.05) is 25.8 Å². The Labute approximate surface area is 163 Å². The molecule has 0 spiro atoms. The van der Waals surface area contributed by atoms with Crippen LogP contribution in [-0.2, 0) is 9.59 Å². The van der Waals surface area contributed by atoms with E-state index in [2.05, 4.69) is 34.5 Å². The number of carboxylic acids is 2. The molecular formula is C19H26N4O5. The number of unbranched alkanes of at least 4 members (excludes halogenated alkanes) is 2. The van der Waals surface area contributed by atoms with E-state index in [0.29, 0.717) is 25.1 Å². The molecule has 9 heteroatoms. The fraction of sp³-hybridized carbons (Fsp3) is 0.368. The molecule has 0 bridgehead atoms. The fourth-order valence-electron chi connectivity index (χ4n) is 2.06. The van der Waals surface area contributed by atoms with E-state index in [1.54, 1.807) is 0 Å². The highest BCUT2D eigenvalue weighted by Gasteiger charge is 2.02. The van der Waals surface area contributed by atoms with Crippen molar-refractivity contribution in [3.63, 3.8) is 0 Å². The van der Waals surface area contributed by atoms with Crippen molar-refractivity contribution in [2.75, 3.05) is 18.5 Å². The summed E-state index contributed by atoms with van der Waals surface area (Å²) in [6, 6.07) is 3.85. The third kappa shape index (κ3) is 8.95. The Morgan fingerprint density at radius 1 is 1.18 bits per heavy atom. The molecule has 0 saturated carbocycles. The number of imidazole rings is 1. The number of allylic oxidation sites excluding steroid dienone is 1. The number of anilines is 1. The summed E-state index contributed by atoms with van der Waals surface area (Å²) in [4.78, 5) is 23.4. The monoisotopic (exact) mass is 390 g/mol. The van der Waals surface area contributed by atoms with Crippen LogP contribution in [0.5, 0.6) is 0 Å². The Kier molecular flexibility index (Phi) is 10.6. The lowest BCUT2D eigenvalue weighted by atomic mass is 10.2. The van der Waals surface area contributed by atoms with E-state index in [4.69, 9.17) is 15.3 Å². The minimum Gasteiger partial charge on any atom is -0.478 e. The van der Waals surface area contributed by atoms with Crippen LogP contribution in [-0.4, -0.2) is 55.0 Å². The first-order valence-corrected chi connectivity index (χ1v) is 8.98. The molecule has 0 aliphatic rings. The lowest BCUT2D eigenvalue weighted by Gasteiger charge is -2.05. The normalized spacial score (nSPS) is 10.9. The maximum Gasteiger partial charge on any atom is 0.328 e. The predicted octanol–water partition coefficient (Wildman–Crippen LogP) is 2.44. The van der Waals surface area contributed by atoms with Gasteiger partial charge in [0.1, 0.15) is 5.82 Å². The molecule has 0 aliphatic heterocycles. The molecule has 2 aromatic heterocycles. The molecule has 0 fully saturated rings. The Balaban J connectivity index is 0.000000416. The first-order chi connectivity index (χ1) is 13.5. The van der Waals surface area contributed by atoms with Crippen molar-refractivity contribution in [3.8, 4) is 0 Å². The number of aromatic nitrogens is 3. The van der Waals surface area contributed by atoms with Gasteiger partial charge in [0.05, 0.1) is 11.9 Å². The summed E-state index contributed by atoms with van der Waals surface area (Å²) in [6.07, 6.45) is 11.4. The van der Waals surface area contributed by atoms with Crippen molar-refractivity contribution in [1.82, 2.24) is 14.6 Å². The Bertz CT molecular complexity index is 798. The summed E-state index contributed by atoms with van der Waals surface area (Å²) in [5.41, 5.74) is 1.83. The number of hydrogen-bond acceptors (Lipinski definition) is 6. The second-order valence-corrected chi connectivity index (χ2v) is 5.73. The van der Waals surface area contributed by atoms with Crippen LogP contribution < -0.4 is 5.32 Å². The van der Waals surface area contributed by atoms with Crippen LogP contribution in [0.25, 0.3) is 11.7 Å². The minimum atomic E-state index is -1.26. The molecular weight excluding hydrogens is 364 g/mol. The second-order valence-electron chi connectivity index (χ2n) is 5.73. The van der Waals surface area contributed by atoms with Gasteiger partial charge in [-0.25, -0.2) is 19.1 Å². The van der Waals surface area contributed by atoms with E-state index in [0.717, 1.165) is 23.6 Å². The number of aliphatic carboxylic acids is 2. The highest BCUT2D eigenvalue weighted by atomic mass is 16.4. The van der Waals surface area contributed by atoms with E-state index < -0.39 is 11.9 Å². The summed E-state index contributed by atoms with van der Waals surface area (Å²) in [5, 5.41) is 32.1. The lowest BCUT2D eigenvalue weighted by Crippen LogP contribution is -2.07. The van der Waals surface area contributed by atoms with Crippen LogP contribution in [0.3, 0.4) is 0 Å². The zero-order valence-corrected chi connectivity index (χ0v) is 15.8. The van der Waals surface area contributed by atoms with Gasteiger partial charge in [0.25, 0.3) is 0 Å². The molecule has 0 saturated heterocycles. The molecule has 28 heavy (non-hydrogen) atoms. The number of hydrogen-bond donors (Lipinski definition) is 4. The molecule has 2 rings (SSSR count). The van der Waals surface area contributed by atoms with E-state index >= 15 is 0 Å². The highest BCUT2D eigenvalue weighted by molar-refractivity contribution is 5.89. The van der Waals surface area contributed by atoms with Crippen molar-refractivity contribution >= 4 is 29.5 Å². The number of fused-ring (bicyclic) bond motifs is 1. The highest BCUT2D eigenvalue weighted by Crippen LogP contribution is 2.11. The number of aliphatic hydroxyl groups excluding tert-OH is 1. The molecule has 0 unspecified atom stereocenters. The second kappa shape index (κ2) is 13.0. The van der Waals surface area contributed by atoms with Gasteiger partial charge in [0, 0.05) is 25.3 Å². The number of carboxylic acid groups (broad SMARTS) is 2. The maximum absolute atomic E-state index is 9.55. The standard InChI is InChI=1S/C15H22N4O.C4H4O4/c1-2-3-4-5-7-13-12-17-15-9-8-14(18-19(13)15)16-10-6-11-20;5-3(6)1-2-4(7)8/h5,7-9,12,20H,2-4,6,10-11H2,1H3,(H,16,18);1-2H,(H,5,6)(H,7,8). The largest absolute Gasteiger partial charge is 0.478 e. The molecule has 4 N–H and O–H groups in total. The van der Waals surface area contributed by atoms with Crippen LogP contribution in [0.4, 0.5) is 5.82 Å². The zero-order chi connectivity index (χ0) is 20.8. The number of carbonyl (C=O) groups is 2. The number of rotatable bonds is 10. The molecule has 0 amide bonds. The maximum atomic E-state index is 9.55. The zero-order valence-electron chi connectivity index (χ0n) is 15.8. The van der Waals surface area contributed by atoms with Crippen molar-refractivity contribution in [3.05, 3.63) is 42.3 Å². The van der Waals surface area contributed by atoms with E-state index in [-0.39, 0.29) is 6.61 Å². The van der Waals surface area contributed by atoms with E-state index in [9.17, 15) is 9.59 Å². The quantitative estimate of drug-likeness (QED) is 0.359. The van der Waals surface area contributed by atoms with Crippen molar-refractivity contribution in [2.45, 2.75) is 32.6 Å². The third-order valence-corrected chi connectivity index (χ3v) is 3.41. The average molecular weight is 390 g/mol. The van der Waals surface area contributed by atoms with Gasteiger partial charge in [-0.3, -0.25) is 0 Å². The SMILES string of the molecule is CCCCC=Cc1cnc2ccc(NCCCO)nn12.O=C(O)C=CC(=O)O. The topological polar surface area (TPSA) is 137 Å². The molecule has 152 valence electrons. The molecule has 0 radical (unpaired) electrons. The van der Waals surface area contributed by atoms with Crippen LogP contribution >= 0.6 is 0 Å². The summed E-state index contributed by atoms with van der Waals surface area (Å²) < 4.78 is 1.84. The third-order valence-electron chi connectivity index (χ3n) is 3.41. The Morgan fingerprint density at radius 3 is 2.50 bits per heavy atom. The number of nitrogens with zero attached hydrogens (tertiary/aromatic N) is 3. The Hall–Kier alpha value is -3.20. The smallest absolute Gasteiger partial charge is 0.328 e. The van der Waals surface area contributed by atoms with Gasteiger partial charge >= 0.3 is 11.9 Å². The summed E-state index contributed by atoms with van der Waals surface area (Å²) in [7, 11) is 0. The molecule has 9 nitrogen and oxygen atoms in total. The molecule has 2 aromatic rings. The van der Waals surface area contributed by atoms with Crippen LogP contribution in [0.2, 0.25) is 0 Å². The van der Waals surface area contributed by atoms with E-state index in [1.165, 1.54) is 12.8 Å². The molecule has 2 heterocycles. The molecule has 0 aliphatic carbocycles. The van der Waals surface area contributed by atoms with Crippen LogP contribution in [0, 0.1) is 0 Å². The lowest BCUT2D eigenvalue weighted by molar-refractivity contribution is -0.134. The van der Waals surface area contributed by atoms with Gasteiger partial charge in [-0.15, -0.1) is 5.10 Å². The summed E-state index contributed by atoms with van der Waals surface area (Å²) >= 11 is 0. The van der Waals surface area contributed by atoms with Gasteiger partial charge in [0.15, 0.2) is 5.65 Å². The minimum absolute atomic E-state index is 0.186. The number of aliphatic hydroxyl groups is 1. The van der Waals surface area contributed by atoms with Crippen molar-refractivity contribution in [2.24, 2.45) is 0 Å². The summed E-state index contributed by atoms with van der Waals surface area (Å²) in [6.45, 7) is 3.09. The first-order valence-electron chi connectivity index (χ1n) is 8.98. The Morgan fingerprint density at radius 2 is 1.89 bits per heavy atom. The van der Waals surface area contributed by atoms with Crippen LogP contribution in [0.15, 0.2) is 36.6 Å². The fourth-order valence-corrected chi connectivity index (χ4v) is 2.06. The van der Waals surface area contributed by atoms with Gasteiger partial charge < -0.3 is 20.6 Å². The van der Waals surface area contributed by atoms with Crippen LogP contribution in [0.1, 0.15) is 38.3 Å². The average Bonchev–Trinajstić information content (AvgIpc) is 3.07.